The fourth-order valence-corrected chi connectivity index (χ4v) is 0.725. The molecule has 0 bridgehead atoms. The highest BCUT2D eigenvalue weighted by Gasteiger charge is 1.96. The van der Waals surface area contributed by atoms with Crippen LogP contribution in [0.15, 0.2) is 35.6 Å². The van der Waals surface area contributed by atoms with Crippen molar-refractivity contribution in [3.8, 4) is 0 Å². The van der Waals surface area contributed by atoms with E-state index in [1.807, 2.05) is 0 Å². The average Bonchev–Trinajstić information content (AvgIpc) is 2.05. The molecular weight excluding hydrogens is 208 g/mol. The monoisotopic (exact) mass is 218 g/mol. The van der Waals surface area contributed by atoms with E-state index in [1.165, 1.54) is 0 Å². The summed E-state index contributed by atoms with van der Waals surface area (Å²) in [6, 6.07) is 0. The van der Waals surface area contributed by atoms with Gasteiger partial charge in [0.05, 0.1) is 4.48 Å². The lowest BCUT2D eigenvalue weighted by Gasteiger charge is -2.05. The largest absolute Gasteiger partial charge is 0.466 e. The van der Waals surface area contributed by atoms with E-state index in [9.17, 15) is 0 Å². The van der Waals surface area contributed by atoms with E-state index in [0.717, 1.165) is 4.48 Å². The van der Waals surface area contributed by atoms with Crippen molar-refractivity contribution in [2.45, 2.75) is 0 Å². The summed E-state index contributed by atoms with van der Waals surface area (Å²) in [5, 5.41) is 0. The molecule has 0 aliphatic heterocycles. The van der Waals surface area contributed by atoms with Crippen LogP contribution in [-0.4, -0.2) is 13.9 Å². The van der Waals surface area contributed by atoms with Crippen molar-refractivity contribution >= 4 is 15.9 Å². The van der Waals surface area contributed by atoms with E-state index in [1.54, 1.807) is 19.3 Å². The van der Waals surface area contributed by atoms with Crippen LogP contribution in [0.3, 0.4) is 0 Å². The SMILES string of the molecule is C=C/C(Br)=C(\C=C)OCOC. The molecule has 0 atom stereocenters. The summed E-state index contributed by atoms with van der Waals surface area (Å²) in [4.78, 5) is 0. The van der Waals surface area contributed by atoms with Gasteiger partial charge in [0.1, 0.15) is 5.76 Å². The molecule has 0 aliphatic carbocycles. The fourth-order valence-electron chi connectivity index (χ4n) is 0.448. The van der Waals surface area contributed by atoms with Crippen LogP contribution in [0.5, 0.6) is 0 Å². The lowest BCUT2D eigenvalue weighted by molar-refractivity contribution is 0.00995. The van der Waals surface area contributed by atoms with E-state index in [-0.39, 0.29) is 6.79 Å². The number of allylic oxidation sites excluding steroid dienone is 3. The summed E-state index contributed by atoms with van der Waals surface area (Å²) < 4.78 is 10.6. The van der Waals surface area contributed by atoms with E-state index < -0.39 is 0 Å². The number of hydrogen-bond donors (Lipinski definition) is 0. The van der Waals surface area contributed by atoms with E-state index in [4.69, 9.17) is 9.47 Å². The Hall–Kier alpha value is -0.540. The molecule has 0 fully saturated rings. The maximum absolute atomic E-state index is 5.11. The second-order valence-electron chi connectivity index (χ2n) is 1.67. The van der Waals surface area contributed by atoms with E-state index in [0.29, 0.717) is 5.76 Å². The summed E-state index contributed by atoms with van der Waals surface area (Å²) in [5.41, 5.74) is 0. The van der Waals surface area contributed by atoms with Crippen LogP contribution in [0.1, 0.15) is 0 Å². The van der Waals surface area contributed by atoms with Gasteiger partial charge in [0, 0.05) is 7.11 Å². The standard InChI is InChI=1S/C8H11BrO2/c1-4-7(9)8(5-2)11-6-10-3/h4-5H,1-2,6H2,3H3/b8-7-. The lowest BCUT2D eigenvalue weighted by Crippen LogP contribution is -1.95. The molecule has 0 aromatic heterocycles. The molecule has 0 radical (unpaired) electrons. The van der Waals surface area contributed by atoms with Crippen LogP contribution in [-0.2, 0) is 9.47 Å². The zero-order valence-corrected chi connectivity index (χ0v) is 8.06. The Balaban J connectivity index is 4.14. The van der Waals surface area contributed by atoms with Crippen LogP contribution < -0.4 is 0 Å². The summed E-state index contributed by atoms with van der Waals surface area (Å²) >= 11 is 3.24. The predicted molar refractivity (Wildman–Crippen MR) is 49.3 cm³/mol. The Kier molecular flexibility index (Phi) is 5.88. The molecule has 0 aromatic carbocycles. The Morgan fingerprint density at radius 2 is 2.09 bits per heavy atom. The first-order valence-corrected chi connectivity index (χ1v) is 3.82. The quantitative estimate of drug-likeness (QED) is 0.402. The van der Waals surface area contributed by atoms with Gasteiger partial charge in [-0.2, -0.15) is 0 Å². The second kappa shape index (κ2) is 6.19. The summed E-state index contributed by atoms with van der Waals surface area (Å²) in [7, 11) is 1.56. The molecule has 62 valence electrons. The van der Waals surface area contributed by atoms with Gasteiger partial charge in [-0.15, -0.1) is 0 Å². The van der Waals surface area contributed by atoms with Crippen molar-refractivity contribution in [3.05, 3.63) is 35.6 Å². The number of ether oxygens (including phenoxy) is 2. The second-order valence-corrected chi connectivity index (χ2v) is 2.53. The molecule has 0 heterocycles. The summed E-state index contributed by atoms with van der Waals surface area (Å²) in [6.45, 7) is 7.34. The van der Waals surface area contributed by atoms with Crippen molar-refractivity contribution in [3.63, 3.8) is 0 Å². The highest BCUT2D eigenvalue weighted by molar-refractivity contribution is 9.11. The predicted octanol–water partition coefficient (Wildman–Crippen LogP) is 2.59. The Morgan fingerprint density at radius 1 is 1.45 bits per heavy atom. The Bertz CT molecular complexity index is 173. The minimum atomic E-state index is 0.213. The van der Waals surface area contributed by atoms with Crippen LogP contribution >= 0.6 is 15.9 Å². The topological polar surface area (TPSA) is 18.5 Å². The molecule has 2 nitrogen and oxygen atoms in total. The van der Waals surface area contributed by atoms with Crippen LogP contribution in [0.4, 0.5) is 0 Å². The maximum Gasteiger partial charge on any atom is 0.188 e. The van der Waals surface area contributed by atoms with Crippen LogP contribution in [0.2, 0.25) is 0 Å². The molecular formula is C8H11BrO2. The molecule has 11 heavy (non-hydrogen) atoms. The molecule has 0 rings (SSSR count). The lowest BCUT2D eigenvalue weighted by atomic mass is 10.4. The molecule has 0 N–H and O–H groups in total. The molecule has 0 amide bonds. The molecule has 0 aromatic rings. The Morgan fingerprint density at radius 3 is 2.45 bits per heavy atom. The van der Waals surface area contributed by atoms with Gasteiger partial charge in [-0.3, -0.25) is 0 Å². The van der Waals surface area contributed by atoms with Crippen molar-refractivity contribution in [1.82, 2.24) is 0 Å². The molecule has 3 heteroatoms. The summed E-state index contributed by atoms with van der Waals surface area (Å²) in [6.07, 6.45) is 3.22. The van der Waals surface area contributed by atoms with Gasteiger partial charge in [0.2, 0.25) is 0 Å². The molecule has 0 aliphatic rings. The minimum Gasteiger partial charge on any atom is -0.466 e. The molecule has 0 saturated carbocycles. The van der Waals surface area contributed by atoms with E-state index >= 15 is 0 Å². The first kappa shape index (κ1) is 10.5. The van der Waals surface area contributed by atoms with Crippen LogP contribution in [0, 0.1) is 0 Å². The van der Waals surface area contributed by atoms with Gasteiger partial charge in [-0.1, -0.05) is 19.2 Å². The van der Waals surface area contributed by atoms with E-state index in [2.05, 4.69) is 29.1 Å². The van der Waals surface area contributed by atoms with Gasteiger partial charge >= 0.3 is 0 Å². The van der Waals surface area contributed by atoms with Crippen molar-refractivity contribution in [1.29, 1.82) is 0 Å². The fraction of sp³-hybridized carbons (Fsp3) is 0.250. The Labute approximate surface area is 75.3 Å². The first-order chi connectivity index (χ1) is 5.26. The average molecular weight is 219 g/mol. The summed E-state index contributed by atoms with van der Waals surface area (Å²) in [5.74, 6) is 0.627. The zero-order valence-electron chi connectivity index (χ0n) is 6.47. The highest BCUT2D eigenvalue weighted by atomic mass is 79.9. The normalized spacial score (nSPS) is 11.8. The maximum atomic E-state index is 5.11. The number of methoxy groups -OCH3 is 1. The van der Waals surface area contributed by atoms with Crippen LogP contribution in [0.25, 0.3) is 0 Å². The number of halogens is 1. The number of hydrogen-bond acceptors (Lipinski definition) is 2. The van der Waals surface area contributed by atoms with Gasteiger partial charge in [0.15, 0.2) is 6.79 Å². The zero-order chi connectivity index (χ0) is 8.69. The highest BCUT2D eigenvalue weighted by Crippen LogP contribution is 2.14. The van der Waals surface area contributed by atoms with Crippen molar-refractivity contribution in [2.75, 3.05) is 13.9 Å². The first-order valence-electron chi connectivity index (χ1n) is 3.02. The minimum absolute atomic E-state index is 0.213. The van der Waals surface area contributed by atoms with Crippen molar-refractivity contribution in [2.24, 2.45) is 0 Å². The molecule has 0 unspecified atom stereocenters. The van der Waals surface area contributed by atoms with Gasteiger partial charge in [0.25, 0.3) is 0 Å². The third-order valence-electron chi connectivity index (χ3n) is 0.932. The van der Waals surface area contributed by atoms with Crippen molar-refractivity contribution < 1.29 is 9.47 Å². The number of rotatable bonds is 5. The third kappa shape index (κ3) is 4.01. The smallest absolute Gasteiger partial charge is 0.188 e. The third-order valence-corrected chi connectivity index (χ3v) is 1.65. The van der Waals surface area contributed by atoms with Gasteiger partial charge in [-0.25, -0.2) is 0 Å². The van der Waals surface area contributed by atoms with Gasteiger partial charge in [-0.05, 0) is 22.0 Å². The molecule has 0 spiro atoms. The molecule has 0 saturated heterocycles. The van der Waals surface area contributed by atoms with Gasteiger partial charge < -0.3 is 9.47 Å².